The molecule has 102 valence electrons. The number of halogens is 2. The van der Waals surface area contributed by atoms with Gasteiger partial charge in [-0.2, -0.15) is 0 Å². The summed E-state index contributed by atoms with van der Waals surface area (Å²) in [5, 5.41) is 3.47. The molecule has 0 fully saturated rings. The molecule has 0 saturated carbocycles. The molecule has 0 aliphatic carbocycles. The second-order valence-electron chi connectivity index (χ2n) is 4.46. The van der Waals surface area contributed by atoms with Crippen molar-refractivity contribution in [2.75, 3.05) is 6.54 Å². The third-order valence-corrected chi connectivity index (χ3v) is 3.58. The molecular weight excluding hydrogens is 309 g/mol. The van der Waals surface area contributed by atoms with Crippen LogP contribution < -0.4 is 5.32 Å². The van der Waals surface area contributed by atoms with Gasteiger partial charge in [0.2, 0.25) is 0 Å². The molecule has 0 saturated heterocycles. The van der Waals surface area contributed by atoms with Gasteiger partial charge in [-0.05, 0) is 58.7 Å². The first-order valence-electron chi connectivity index (χ1n) is 6.41. The highest BCUT2D eigenvalue weighted by molar-refractivity contribution is 9.10. The van der Waals surface area contributed by atoms with E-state index < -0.39 is 0 Å². The van der Waals surface area contributed by atoms with E-state index in [1.807, 2.05) is 24.3 Å². The summed E-state index contributed by atoms with van der Waals surface area (Å²) in [6.45, 7) is 3.04. The van der Waals surface area contributed by atoms with E-state index in [-0.39, 0.29) is 11.9 Å². The molecule has 1 aromatic heterocycles. The molecule has 0 bridgehead atoms. The highest BCUT2D eigenvalue weighted by Gasteiger charge is 2.14. The summed E-state index contributed by atoms with van der Waals surface area (Å²) < 4.78 is 19.2. The smallest absolute Gasteiger partial charge is 0.137 e. The van der Waals surface area contributed by atoms with Crippen molar-refractivity contribution in [3.05, 3.63) is 58.2 Å². The van der Waals surface area contributed by atoms with Crippen LogP contribution in [0.2, 0.25) is 0 Å². The van der Waals surface area contributed by atoms with E-state index in [9.17, 15) is 4.39 Å². The number of furan rings is 1. The molecule has 2 aromatic rings. The fourth-order valence-corrected chi connectivity index (χ4v) is 2.38. The van der Waals surface area contributed by atoms with Gasteiger partial charge in [-0.3, -0.25) is 0 Å². The molecule has 2 rings (SSSR count). The first-order chi connectivity index (χ1) is 9.20. The average molecular weight is 326 g/mol. The number of hydrogen-bond acceptors (Lipinski definition) is 2. The first-order valence-corrected chi connectivity index (χ1v) is 7.20. The molecule has 0 aliphatic rings. The van der Waals surface area contributed by atoms with Crippen LogP contribution in [-0.2, 0) is 6.42 Å². The van der Waals surface area contributed by atoms with Crippen LogP contribution in [-0.4, -0.2) is 6.54 Å². The van der Waals surface area contributed by atoms with Gasteiger partial charge < -0.3 is 9.73 Å². The second-order valence-corrected chi connectivity index (χ2v) is 5.32. The highest BCUT2D eigenvalue weighted by atomic mass is 79.9. The van der Waals surface area contributed by atoms with E-state index >= 15 is 0 Å². The van der Waals surface area contributed by atoms with Crippen LogP contribution in [0.3, 0.4) is 0 Å². The summed E-state index contributed by atoms with van der Waals surface area (Å²) in [6.07, 6.45) is 3.48. The summed E-state index contributed by atoms with van der Waals surface area (Å²) in [7, 11) is 0. The lowest BCUT2D eigenvalue weighted by molar-refractivity contribution is 0.448. The fourth-order valence-electron chi connectivity index (χ4n) is 1.99. The monoisotopic (exact) mass is 325 g/mol. The Labute approximate surface area is 121 Å². The van der Waals surface area contributed by atoms with Crippen LogP contribution in [0.4, 0.5) is 4.39 Å². The standard InChI is InChI=1S/C15H17BrFNO/c1-2-7-18-15(10-12-4-3-8-19-12)11-5-6-14(17)13(16)9-11/h3-6,8-9,15,18H,2,7,10H2,1H3. The van der Waals surface area contributed by atoms with Crippen molar-refractivity contribution in [1.82, 2.24) is 5.32 Å². The molecule has 1 atom stereocenters. The molecule has 0 radical (unpaired) electrons. The third-order valence-electron chi connectivity index (χ3n) is 2.97. The molecule has 0 spiro atoms. The van der Waals surface area contributed by atoms with Crippen LogP contribution in [0, 0.1) is 5.82 Å². The Balaban J connectivity index is 2.18. The van der Waals surface area contributed by atoms with Gasteiger partial charge in [0, 0.05) is 12.5 Å². The van der Waals surface area contributed by atoms with Gasteiger partial charge in [-0.15, -0.1) is 0 Å². The summed E-state index contributed by atoms with van der Waals surface area (Å²) in [5.41, 5.74) is 1.05. The number of benzene rings is 1. The fraction of sp³-hybridized carbons (Fsp3) is 0.333. The second kappa shape index (κ2) is 6.87. The highest BCUT2D eigenvalue weighted by Crippen LogP contribution is 2.24. The minimum absolute atomic E-state index is 0.128. The number of rotatable bonds is 6. The molecule has 19 heavy (non-hydrogen) atoms. The maximum Gasteiger partial charge on any atom is 0.137 e. The lowest BCUT2D eigenvalue weighted by Crippen LogP contribution is -2.24. The summed E-state index contributed by atoms with van der Waals surface area (Å²) in [4.78, 5) is 0. The number of nitrogens with one attached hydrogen (secondary N) is 1. The molecule has 0 amide bonds. The summed E-state index contributed by atoms with van der Waals surface area (Å²) in [5.74, 6) is 0.685. The molecule has 1 unspecified atom stereocenters. The third kappa shape index (κ3) is 3.91. The van der Waals surface area contributed by atoms with Crippen molar-refractivity contribution in [3.8, 4) is 0 Å². The molecule has 1 heterocycles. The van der Waals surface area contributed by atoms with Gasteiger partial charge in [0.25, 0.3) is 0 Å². The van der Waals surface area contributed by atoms with Crippen molar-refractivity contribution in [2.24, 2.45) is 0 Å². The van der Waals surface area contributed by atoms with Gasteiger partial charge in [0.05, 0.1) is 10.7 Å². The minimum atomic E-state index is -0.240. The SMILES string of the molecule is CCCNC(Cc1ccco1)c1ccc(F)c(Br)c1. The Morgan fingerprint density at radius 1 is 1.37 bits per heavy atom. The Kier molecular flexibility index (Phi) is 5.16. The predicted octanol–water partition coefficient (Wildman–Crippen LogP) is 4.46. The molecule has 4 heteroatoms. The summed E-state index contributed by atoms with van der Waals surface area (Å²) in [6, 6.07) is 9.10. The van der Waals surface area contributed by atoms with E-state index in [0.717, 1.165) is 30.7 Å². The normalized spacial score (nSPS) is 12.6. The molecule has 0 aliphatic heterocycles. The van der Waals surface area contributed by atoms with Crippen molar-refractivity contribution >= 4 is 15.9 Å². The predicted molar refractivity (Wildman–Crippen MR) is 77.5 cm³/mol. The quantitative estimate of drug-likeness (QED) is 0.847. The maximum atomic E-state index is 13.3. The van der Waals surface area contributed by atoms with E-state index in [0.29, 0.717) is 4.47 Å². The van der Waals surface area contributed by atoms with Crippen molar-refractivity contribution in [3.63, 3.8) is 0 Å². The van der Waals surface area contributed by atoms with Gasteiger partial charge >= 0.3 is 0 Å². The largest absolute Gasteiger partial charge is 0.469 e. The van der Waals surface area contributed by atoms with Gasteiger partial charge in [0.1, 0.15) is 11.6 Å². The van der Waals surface area contributed by atoms with Crippen LogP contribution in [0.25, 0.3) is 0 Å². The zero-order valence-corrected chi connectivity index (χ0v) is 12.4. The Hall–Kier alpha value is -1.13. The lowest BCUT2D eigenvalue weighted by Gasteiger charge is -2.18. The topological polar surface area (TPSA) is 25.2 Å². The zero-order valence-electron chi connectivity index (χ0n) is 10.8. The van der Waals surface area contributed by atoms with Crippen molar-refractivity contribution in [2.45, 2.75) is 25.8 Å². The lowest BCUT2D eigenvalue weighted by atomic mass is 10.0. The van der Waals surface area contributed by atoms with Crippen molar-refractivity contribution < 1.29 is 8.81 Å². The van der Waals surface area contributed by atoms with Crippen LogP contribution in [0.1, 0.15) is 30.7 Å². The van der Waals surface area contributed by atoms with Crippen LogP contribution >= 0.6 is 15.9 Å². The van der Waals surface area contributed by atoms with Gasteiger partial charge in [-0.25, -0.2) is 4.39 Å². The van der Waals surface area contributed by atoms with E-state index in [1.165, 1.54) is 6.07 Å². The van der Waals surface area contributed by atoms with Crippen LogP contribution in [0.5, 0.6) is 0 Å². The number of hydrogen-bond donors (Lipinski definition) is 1. The molecule has 1 aromatic carbocycles. The first kappa shape index (κ1) is 14.3. The van der Waals surface area contributed by atoms with Crippen molar-refractivity contribution in [1.29, 1.82) is 0 Å². The Morgan fingerprint density at radius 3 is 2.84 bits per heavy atom. The minimum Gasteiger partial charge on any atom is -0.469 e. The van der Waals surface area contributed by atoms with Gasteiger partial charge in [-0.1, -0.05) is 13.0 Å². The molecule has 1 N–H and O–H groups in total. The Morgan fingerprint density at radius 2 is 2.21 bits per heavy atom. The zero-order chi connectivity index (χ0) is 13.7. The van der Waals surface area contributed by atoms with Crippen LogP contribution in [0.15, 0.2) is 45.5 Å². The Bertz CT molecular complexity index is 513. The van der Waals surface area contributed by atoms with E-state index in [4.69, 9.17) is 4.42 Å². The maximum absolute atomic E-state index is 13.3. The van der Waals surface area contributed by atoms with Gasteiger partial charge in [0.15, 0.2) is 0 Å². The van der Waals surface area contributed by atoms with E-state index in [1.54, 1.807) is 6.26 Å². The molecule has 2 nitrogen and oxygen atoms in total. The van der Waals surface area contributed by atoms with E-state index in [2.05, 4.69) is 28.2 Å². The molecular formula is C15H17BrFNO. The summed E-state index contributed by atoms with van der Waals surface area (Å²) >= 11 is 3.23. The average Bonchev–Trinajstić information content (AvgIpc) is 2.91.